The van der Waals surface area contributed by atoms with Gasteiger partial charge in [0.15, 0.2) is 5.79 Å². The Labute approximate surface area is 121 Å². The van der Waals surface area contributed by atoms with E-state index < -0.39 is 5.79 Å². The lowest BCUT2D eigenvalue weighted by atomic mass is 10.1. The third kappa shape index (κ3) is 4.60. The average Bonchev–Trinajstić information content (AvgIpc) is 2.69. The van der Waals surface area contributed by atoms with Crippen LogP contribution >= 0.6 is 15.9 Å². The summed E-state index contributed by atoms with van der Waals surface area (Å²) in [6.45, 7) is 4.75. The van der Waals surface area contributed by atoms with Gasteiger partial charge in [-0.3, -0.25) is 4.79 Å². The molecule has 1 heterocycles. The van der Waals surface area contributed by atoms with E-state index in [1.807, 2.05) is 38.1 Å². The molecule has 1 aromatic carbocycles. The van der Waals surface area contributed by atoms with Gasteiger partial charge in [0, 0.05) is 11.0 Å². The number of hydrogen-bond acceptors (Lipinski definition) is 3. The fraction of sp³-hybridized carbons (Fsp3) is 0.500. The molecule has 19 heavy (non-hydrogen) atoms. The number of ether oxygens (including phenoxy) is 2. The Hall–Kier alpha value is -0.910. The van der Waals surface area contributed by atoms with Gasteiger partial charge in [0.1, 0.15) is 6.10 Å². The van der Waals surface area contributed by atoms with Crippen molar-refractivity contribution in [2.24, 2.45) is 0 Å². The first kappa shape index (κ1) is 14.5. The molecule has 104 valence electrons. The van der Waals surface area contributed by atoms with Crippen LogP contribution in [0.3, 0.4) is 0 Å². The highest BCUT2D eigenvalue weighted by Gasteiger charge is 2.32. The van der Waals surface area contributed by atoms with Crippen molar-refractivity contribution in [3.63, 3.8) is 0 Å². The second kappa shape index (κ2) is 6.03. The van der Waals surface area contributed by atoms with E-state index in [4.69, 9.17) is 9.47 Å². The zero-order valence-electron chi connectivity index (χ0n) is 11.1. The minimum absolute atomic E-state index is 0.00405. The van der Waals surface area contributed by atoms with E-state index >= 15 is 0 Å². The van der Waals surface area contributed by atoms with Gasteiger partial charge >= 0.3 is 0 Å². The van der Waals surface area contributed by atoms with Gasteiger partial charge in [-0.1, -0.05) is 28.1 Å². The Bertz CT molecular complexity index is 445. The first-order chi connectivity index (χ1) is 8.94. The Morgan fingerprint density at radius 3 is 2.68 bits per heavy atom. The van der Waals surface area contributed by atoms with Crippen LogP contribution in [0.5, 0.6) is 0 Å². The number of benzene rings is 1. The number of amides is 1. The quantitative estimate of drug-likeness (QED) is 0.922. The lowest BCUT2D eigenvalue weighted by molar-refractivity contribution is -0.139. The molecule has 1 fully saturated rings. The summed E-state index contributed by atoms with van der Waals surface area (Å²) in [7, 11) is 0. The van der Waals surface area contributed by atoms with Crippen molar-refractivity contribution in [1.29, 1.82) is 0 Å². The first-order valence-electron chi connectivity index (χ1n) is 6.27. The maximum Gasteiger partial charge on any atom is 0.224 e. The molecule has 1 aliphatic heterocycles. The maximum atomic E-state index is 11.8. The van der Waals surface area contributed by atoms with Crippen molar-refractivity contribution in [3.8, 4) is 0 Å². The van der Waals surface area contributed by atoms with Crippen LogP contribution in [0, 0.1) is 0 Å². The van der Waals surface area contributed by atoms with E-state index in [1.54, 1.807) is 0 Å². The summed E-state index contributed by atoms with van der Waals surface area (Å²) in [6, 6.07) is 7.72. The summed E-state index contributed by atoms with van der Waals surface area (Å²) >= 11 is 3.37. The first-order valence-corrected chi connectivity index (χ1v) is 7.07. The molecule has 5 heteroatoms. The summed E-state index contributed by atoms with van der Waals surface area (Å²) in [5.74, 6) is -0.545. The van der Waals surface area contributed by atoms with Gasteiger partial charge in [-0.25, -0.2) is 0 Å². The van der Waals surface area contributed by atoms with E-state index in [0.29, 0.717) is 19.6 Å². The molecule has 0 aliphatic carbocycles. The monoisotopic (exact) mass is 327 g/mol. The molecule has 0 bridgehead atoms. The highest BCUT2D eigenvalue weighted by atomic mass is 79.9. The van der Waals surface area contributed by atoms with E-state index in [2.05, 4.69) is 21.2 Å². The third-order valence-electron chi connectivity index (χ3n) is 2.87. The smallest absolute Gasteiger partial charge is 0.224 e. The molecular formula is C14H18BrNO3. The van der Waals surface area contributed by atoms with Gasteiger partial charge in [-0.05, 0) is 31.5 Å². The zero-order chi connectivity index (χ0) is 13.9. The van der Waals surface area contributed by atoms with Crippen LogP contribution in [0.2, 0.25) is 0 Å². The van der Waals surface area contributed by atoms with Gasteiger partial charge < -0.3 is 14.8 Å². The van der Waals surface area contributed by atoms with E-state index in [1.165, 1.54) is 0 Å². The molecular weight excluding hydrogens is 310 g/mol. The second-order valence-electron chi connectivity index (χ2n) is 5.06. The third-order valence-corrected chi connectivity index (χ3v) is 3.40. The Morgan fingerprint density at radius 1 is 1.42 bits per heavy atom. The van der Waals surface area contributed by atoms with Crippen LogP contribution in [0.1, 0.15) is 19.4 Å². The predicted molar refractivity (Wildman–Crippen MR) is 75.8 cm³/mol. The summed E-state index contributed by atoms with van der Waals surface area (Å²) < 4.78 is 12.1. The van der Waals surface area contributed by atoms with Crippen LogP contribution < -0.4 is 5.32 Å². The van der Waals surface area contributed by atoms with Gasteiger partial charge in [0.25, 0.3) is 0 Å². The Balaban J connectivity index is 1.75. The fourth-order valence-electron chi connectivity index (χ4n) is 1.94. The summed E-state index contributed by atoms with van der Waals surface area (Å²) in [4.78, 5) is 11.8. The molecule has 0 spiro atoms. The number of nitrogens with one attached hydrogen (secondary N) is 1. The van der Waals surface area contributed by atoms with Crippen molar-refractivity contribution < 1.29 is 14.3 Å². The zero-order valence-corrected chi connectivity index (χ0v) is 12.7. The standard InChI is InChI=1S/C14H18BrNO3/c1-14(2)18-9-12(19-14)8-16-13(17)7-10-3-5-11(15)6-4-10/h3-6,12H,7-9H2,1-2H3,(H,16,17). The Morgan fingerprint density at radius 2 is 2.11 bits per heavy atom. The lowest BCUT2D eigenvalue weighted by Crippen LogP contribution is -2.35. The molecule has 1 aliphatic rings. The van der Waals surface area contributed by atoms with Crippen molar-refractivity contribution >= 4 is 21.8 Å². The van der Waals surface area contributed by atoms with Gasteiger partial charge in [-0.15, -0.1) is 0 Å². The molecule has 1 N–H and O–H groups in total. The predicted octanol–water partition coefficient (Wildman–Crippen LogP) is 2.26. The fourth-order valence-corrected chi connectivity index (χ4v) is 2.21. The number of hydrogen-bond donors (Lipinski definition) is 1. The summed E-state index contributed by atoms with van der Waals surface area (Å²) in [6.07, 6.45) is 0.313. The van der Waals surface area contributed by atoms with E-state index in [-0.39, 0.29) is 12.0 Å². The molecule has 1 atom stereocenters. The van der Waals surface area contributed by atoms with Crippen LogP contribution in [0.4, 0.5) is 0 Å². The van der Waals surface area contributed by atoms with Gasteiger partial charge in [0.05, 0.1) is 13.0 Å². The van der Waals surface area contributed by atoms with Crippen molar-refractivity contribution in [1.82, 2.24) is 5.32 Å². The average molecular weight is 328 g/mol. The maximum absolute atomic E-state index is 11.8. The SMILES string of the molecule is CC1(C)OCC(CNC(=O)Cc2ccc(Br)cc2)O1. The Kier molecular flexibility index (Phi) is 4.60. The molecule has 1 aromatic rings. The van der Waals surface area contributed by atoms with Crippen LogP contribution in [0.25, 0.3) is 0 Å². The lowest BCUT2D eigenvalue weighted by Gasteiger charge is -2.17. The highest BCUT2D eigenvalue weighted by molar-refractivity contribution is 9.10. The topological polar surface area (TPSA) is 47.6 Å². The minimum atomic E-state index is -0.541. The molecule has 1 amide bonds. The van der Waals surface area contributed by atoms with E-state index in [0.717, 1.165) is 10.0 Å². The molecule has 1 saturated heterocycles. The molecule has 0 saturated carbocycles. The van der Waals surface area contributed by atoms with E-state index in [9.17, 15) is 4.79 Å². The van der Waals surface area contributed by atoms with Crippen LogP contribution in [-0.2, 0) is 20.7 Å². The number of halogens is 1. The number of carbonyl (C=O) groups is 1. The number of carbonyl (C=O) groups excluding carboxylic acids is 1. The summed E-state index contributed by atoms with van der Waals surface area (Å²) in [5.41, 5.74) is 0.990. The van der Waals surface area contributed by atoms with Crippen LogP contribution in [0.15, 0.2) is 28.7 Å². The van der Waals surface area contributed by atoms with Crippen molar-refractivity contribution in [2.45, 2.75) is 32.2 Å². The van der Waals surface area contributed by atoms with Gasteiger partial charge in [0.2, 0.25) is 5.91 Å². The normalized spacial score (nSPS) is 21.3. The molecule has 1 unspecified atom stereocenters. The molecule has 4 nitrogen and oxygen atoms in total. The highest BCUT2D eigenvalue weighted by Crippen LogP contribution is 2.21. The van der Waals surface area contributed by atoms with Crippen molar-refractivity contribution in [3.05, 3.63) is 34.3 Å². The summed E-state index contributed by atoms with van der Waals surface area (Å²) in [5, 5.41) is 2.87. The van der Waals surface area contributed by atoms with Crippen LogP contribution in [-0.4, -0.2) is 30.9 Å². The number of rotatable bonds is 4. The molecule has 0 radical (unpaired) electrons. The largest absolute Gasteiger partial charge is 0.353 e. The second-order valence-corrected chi connectivity index (χ2v) is 5.97. The van der Waals surface area contributed by atoms with Gasteiger partial charge in [-0.2, -0.15) is 0 Å². The minimum Gasteiger partial charge on any atom is -0.353 e. The van der Waals surface area contributed by atoms with Crippen molar-refractivity contribution in [2.75, 3.05) is 13.2 Å². The molecule has 2 rings (SSSR count). The molecule has 0 aromatic heterocycles.